The molecular weight excluding hydrogens is 268 g/mol. The first-order valence-corrected chi connectivity index (χ1v) is 6.31. The molecule has 2 heterocycles. The fourth-order valence-electron chi connectivity index (χ4n) is 2.28. The molecule has 1 aromatic carbocycles. The molecular formula is C13H13F2N3O2. The van der Waals surface area contributed by atoms with E-state index in [4.69, 9.17) is 4.52 Å². The first kappa shape index (κ1) is 13.1. The monoisotopic (exact) mass is 281 g/mol. The van der Waals surface area contributed by atoms with Gasteiger partial charge in [-0.2, -0.15) is 4.98 Å². The van der Waals surface area contributed by atoms with Crippen LogP contribution in [0.5, 0.6) is 0 Å². The summed E-state index contributed by atoms with van der Waals surface area (Å²) >= 11 is 0. The van der Waals surface area contributed by atoms with Crippen molar-refractivity contribution in [1.82, 2.24) is 15.5 Å². The lowest BCUT2D eigenvalue weighted by Crippen LogP contribution is -2.43. The van der Waals surface area contributed by atoms with E-state index in [1.54, 1.807) is 0 Å². The normalized spacial score (nSPS) is 22.9. The summed E-state index contributed by atoms with van der Waals surface area (Å²) in [5.41, 5.74) is -1.06. The summed E-state index contributed by atoms with van der Waals surface area (Å²) < 4.78 is 31.4. The van der Waals surface area contributed by atoms with Crippen LogP contribution >= 0.6 is 0 Å². The Morgan fingerprint density at radius 1 is 1.25 bits per heavy atom. The minimum absolute atomic E-state index is 0.0531. The quantitative estimate of drug-likeness (QED) is 0.874. The molecule has 2 aromatic rings. The van der Waals surface area contributed by atoms with Crippen molar-refractivity contribution in [3.8, 4) is 11.4 Å². The first-order chi connectivity index (χ1) is 9.57. The number of piperidine rings is 1. The summed E-state index contributed by atoms with van der Waals surface area (Å²) in [6.07, 6.45) is 1.28. The van der Waals surface area contributed by atoms with Crippen molar-refractivity contribution in [3.05, 3.63) is 35.7 Å². The first-order valence-electron chi connectivity index (χ1n) is 6.31. The highest BCUT2D eigenvalue weighted by Crippen LogP contribution is 2.29. The highest BCUT2D eigenvalue weighted by atomic mass is 19.1. The predicted molar refractivity (Wildman–Crippen MR) is 65.7 cm³/mol. The largest absolute Gasteiger partial charge is 0.379 e. The molecule has 1 atom stereocenters. The van der Waals surface area contributed by atoms with Crippen LogP contribution < -0.4 is 5.32 Å². The molecule has 7 heteroatoms. The number of aliphatic hydroxyl groups is 1. The zero-order chi connectivity index (χ0) is 14.2. The Kier molecular flexibility index (Phi) is 3.23. The lowest BCUT2D eigenvalue weighted by Gasteiger charge is -2.28. The molecule has 1 aliphatic rings. The van der Waals surface area contributed by atoms with Gasteiger partial charge in [-0.3, -0.25) is 0 Å². The SMILES string of the molecule is OC1(c2nc(-c3cc(F)cc(F)c3)no2)CCCNC1. The van der Waals surface area contributed by atoms with Gasteiger partial charge in [0.25, 0.3) is 5.89 Å². The average Bonchev–Trinajstić information content (AvgIpc) is 2.89. The van der Waals surface area contributed by atoms with Crippen LogP contribution in [0.4, 0.5) is 8.78 Å². The molecule has 20 heavy (non-hydrogen) atoms. The number of hydrogen-bond donors (Lipinski definition) is 2. The molecule has 0 spiro atoms. The van der Waals surface area contributed by atoms with Gasteiger partial charge >= 0.3 is 0 Å². The second-order valence-corrected chi connectivity index (χ2v) is 4.89. The minimum Gasteiger partial charge on any atom is -0.379 e. The molecule has 0 saturated carbocycles. The highest BCUT2D eigenvalue weighted by Gasteiger charge is 2.37. The number of β-amino-alcohol motifs (C(OH)–C–C–N with tert-alkyl or cyclic N) is 1. The molecule has 1 fully saturated rings. The van der Waals surface area contributed by atoms with Crippen molar-refractivity contribution in [2.45, 2.75) is 18.4 Å². The molecule has 1 aromatic heterocycles. The fourth-order valence-corrected chi connectivity index (χ4v) is 2.28. The van der Waals surface area contributed by atoms with Crippen molar-refractivity contribution in [2.75, 3.05) is 13.1 Å². The number of benzene rings is 1. The van der Waals surface area contributed by atoms with Crippen molar-refractivity contribution in [2.24, 2.45) is 0 Å². The molecule has 1 aliphatic heterocycles. The van der Waals surface area contributed by atoms with Crippen LogP contribution in [0.25, 0.3) is 11.4 Å². The van der Waals surface area contributed by atoms with Gasteiger partial charge in [-0.25, -0.2) is 8.78 Å². The van der Waals surface area contributed by atoms with Crippen LogP contribution in [0.15, 0.2) is 22.7 Å². The Morgan fingerprint density at radius 3 is 2.65 bits per heavy atom. The van der Waals surface area contributed by atoms with E-state index < -0.39 is 17.2 Å². The van der Waals surface area contributed by atoms with Crippen LogP contribution in [0.1, 0.15) is 18.7 Å². The van der Waals surface area contributed by atoms with Gasteiger partial charge in [-0.05, 0) is 31.5 Å². The van der Waals surface area contributed by atoms with Crippen molar-refractivity contribution in [1.29, 1.82) is 0 Å². The van der Waals surface area contributed by atoms with E-state index in [1.807, 2.05) is 0 Å². The van der Waals surface area contributed by atoms with Crippen LogP contribution in [0.2, 0.25) is 0 Å². The van der Waals surface area contributed by atoms with Gasteiger partial charge in [0.15, 0.2) is 5.60 Å². The van der Waals surface area contributed by atoms with Gasteiger partial charge in [0.2, 0.25) is 5.82 Å². The number of nitrogens with one attached hydrogen (secondary N) is 1. The molecule has 106 valence electrons. The highest BCUT2D eigenvalue weighted by molar-refractivity contribution is 5.54. The van der Waals surface area contributed by atoms with E-state index in [-0.39, 0.29) is 17.3 Å². The molecule has 5 nitrogen and oxygen atoms in total. The van der Waals surface area contributed by atoms with Crippen molar-refractivity contribution >= 4 is 0 Å². The Balaban J connectivity index is 1.93. The maximum absolute atomic E-state index is 13.2. The fraction of sp³-hybridized carbons (Fsp3) is 0.385. The number of aromatic nitrogens is 2. The summed E-state index contributed by atoms with van der Waals surface area (Å²) in [7, 11) is 0. The zero-order valence-corrected chi connectivity index (χ0v) is 10.6. The molecule has 0 bridgehead atoms. The molecule has 3 rings (SSSR count). The third-order valence-corrected chi connectivity index (χ3v) is 3.31. The topological polar surface area (TPSA) is 71.2 Å². The third-order valence-electron chi connectivity index (χ3n) is 3.31. The predicted octanol–water partition coefficient (Wildman–Crippen LogP) is 1.59. The second kappa shape index (κ2) is 4.92. The van der Waals surface area contributed by atoms with Gasteiger partial charge < -0.3 is 14.9 Å². The molecule has 1 unspecified atom stereocenters. The Bertz CT molecular complexity index is 604. The van der Waals surface area contributed by atoms with Gasteiger partial charge in [-0.1, -0.05) is 5.16 Å². The Labute approximate surface area is 113 Å². The molecule has 2 N–H and O–H groups in total. The number of halogens is 2. The van der Waals surface area contributed by atoms with Crippen LogP contribution in [0.3, 0.4) is 0 Å². The number of hydrogen-bond acceptors (Lipinski definition) is 5. The Morgan fingerprint density at radius 2 is 2.00 bits per heavy atom. The van der Waals surface area contributed by atoms with E-state index >= 15 is 0 Å². The van der Waals surface area contributed by atoms with E-state index in [9.17, 15) is 13.9 Å². The molecule has 0 radical (unpaired) electrons. The summed E-state index contributed by atoms with van der Waals surface area (Å²) in [5.74, 6) is -1.32. The molecule has 0 aliphatic carbocycles. The Hall–Kier alpha value is -1.86. The van der Waals surface area contributed by atoms with E-state index in [0.29, 0.717) is 13.0 Å². The zero-order valence-electron chi connectivity index (χ0n) is 10.6. The van der Waals surface area contributed by atoms with Gasteiger partial charge in [-0.15, -0.1) is 0 Å². The maximum Gasteiger partial charge on any atom is 0.260 e. The smallest absolute Gasteiger partial charge is 0.260 e. The molecule has 0 amide bonds. The summed E-state index contributed by atoms with van der Waals surface area (Å²) in [6.45, 7) is 1.13. The maximum atomic E-state index is 13.2. The van der Waals surface area contributed by atoms with Crippen LogP contribution in [-0.4, -0.2) is 28.3 Å². The molecule has 1 saturated heterocycles. The lowest BCUT2D eigenvalue weighted by atomic mass is 9.94. The van der Waals surface area contributed by atoms with Crippen molar-refractivity contribution in [3.63, 3.8) is 0 Å². The number of nitrogens with zero attached hydrogens (tertiary/aromatic N) is 2. The summed E-state index contributed by atoms with van der Waals surface area (Å²) in [4.78, 5) is 4.06. The summed E-state index contributed by atoms with van der Waals surface area (Å²) in [6, 6.07) is 2.99. The van der Waals surface area contributed by atoms with E-state index in [2.05, 4.69) is 15.5 Å². The lowest BCUT2D eigenvalue weighted by molar-refractivity contribution is -0.0167. The average molecular weight is 281 g/mol. The van der Waals surface area contributed by atoms with E-state index in [0.717, 1.165) is 31.2 Å². The third kappa shape index (κ3) is 2.41. The van der Waals surface area contributed by atoms with Gasteiger partial charge in [0, 0.05) is 18.2 Å². The second-order valence-electron chi connectivity index (χ2n) is 4.89. The summed E-state index contributed by atoms with van der Waals surface area (Å²) in [5, 5.41) is 17.1. The van der Waals surface area contributed by atoms with Crippen LogP contribution in [-0.2, 0) is 5.60 Å². The van der Waals surface area contributed by atoms with Crippen LogP contribution in [0, 0.1) is 11.6 Å². The minimum atomic E-state index is -1.23. The standard InChI is InChI=1S/C13H13F2N3O2/c14-9-4-8(5-10(15)6-9)11-17-12(20-18-11)13(19)2-1-3-16-7-13/h4-6,16,19H,1-3,7H2. The number of rotatable bonds is 2. The van der Waals surface area contributed by atoms with Gasteiger partial charge in [0.05, 0.1) is 0 Å². The van der Waals surface area contributed by atoms with Crippen molar-refractivity contribution < 1.29 is 18.4 Å². The van der Waals surface area contributed by atoms with E-state index in [1.165, 1.54) is 0 Å². The van der Waals surface area contributed by atoms with Gasteiger partial charge in [0.1, 0.15) is 11.6 Å².